The lowest BCUT2D eigenvalue weighted by Crippen LogP contribution is -2.17. The Hall–Kier alpha value is -2.73. The van der Waals surface area contributed by atoms with E-state index in [2.05, 4.69) is 5.32 Å². The van der Waals surface area contributed by atoms with Crippen molar-refractivity contribution >= 4 is 29.2 Å². The van der Waals surface area contributed by atoms with Crippen LogP contribution in [0.15, 0.2) is 36.4 Å². The minimum absolute atomic E-state index is 0.0209. The number of amides is 1. The van der Waals surface area contributed by atoms with Crippen molar-refractivity contribution in [2.75, 3.05) is 19.5 Å². The Kier molecular flexibility index (Phi) is 5.65. The van der Waals surface area contributed by atoms with Crippen molar-refractivity contribution in [1.82, 2.24) is 0 Å². The number of methoxy groups -OCH3 is 2. The van der Waals surface area contributed by atoms with E-state index >= 15 is 0 Å². The van der Waals surface area contributed by atoms with Crippen LogP contribution in [0, 0.1) is 0 Å². The predicted octanol–water partition coefficient (Wildman–Crippen LogP) is 3.24. The van der Waals surface area contributed by atoms with Gasteiger partial charge in [0.2, 0.25) is 5.91 Å². The molecule has 2 rings (SSSR count). The van der Waals surface area contributed by atoms with Gasteiger partial charge in [0.15, 0.2) is 11.5 Å². The van der Waals surface area contributed by atoms with Crippen LogP contribution in [0.5, 0.6) is 11.5 Å². The highest BCUT2D eigenvalue weighted by Crippen LogP contribution is 2.33. The van der Waals surface area contributed by atoms with Gasteiger partial charge in [0, 0.05) is 17.2 Å². The van der Waals surface area contributed by atoms with E-state index in [-0.39, 0.29) is 23.4 Å². The number of carbonyl (C=O) groups excluding carboxylic acids is 1. The zero-order valence-electron chi connectivity index (χ0n) is 13.1. The van der Waals surface area contributed by atoms with E-state index in [1.54, 1.807) is 24.3 Å². The molecule has 2 N–H and O–H groups in total. The summed E-state index contributed by atoms with van der Waals surface area (Å²) in [4.78, 5) is 23.6. The number of ether oxygens (including phenoxy) is 2. The molecule has 2 aromatic rings. The van der Waals surface area contributed by atoms with Gasteiger partial charge in [0.05, 0.1) is 31.9 Å². The van der Waals surface area contributed by atoms with Crippen LogP contribution in [0.4, 0.5) is 5.69 Å². The molecule has 0 aliphatic rings. The third kappa shape index (κ3) is 3.97. The molecule has 0 bridgehead atoms. The van der Waals surface area contributed by atoms with E-state index in [4.69, 9.17) is 21.1 Å². The number of carboxylic acid groups (broad SMARTS) is 1. The number of rotatable bonds is 6. The fourth-order valence-electron chi connectivity index (χ4n) is 2.17. The minimum Gasteiger partial charge on any atom is -0.493 e. The van der Waals surface area contributed by atoms with Gasteiger partial charge in [-0.1, -0.05) is 29.8 Å². The first-order valence-corrected chi connectivity index (χ1v) is 7.36. The lowest BCUT2D eigenvalue weighted by molar-refractivity contribution is -0.115. The normalized spacial score (nSPS) is 10.1. The third-order valence-corrected chi connectivity index (χ3v) is 3.71. The number of benzene rings is 2. The fraction of sp³-hybridized carbons (Fsp3) is 0.176. The molecule has 0 atom stereocenters. The molecule has 6 nitrogen and oxygen atoms in total. The molecule has 0 aliphatic carbocycles. The Morgan fingerprint density at radius 3 is 2.33 bits per heavy atom. The number of hydrogen-bond donors (Lipinski definition) is 2. The van der Waals surface area contributed by atoms with Crippen molar-refractivity contribution < 1.29 is 24.2 Å². The first kappa shape index (κ1) is 17.6. The summed E-state index contributed by atoms with van der Waals surface area (Å²) < 4.78 is 10.2. The molecule has 0 spiro atoms. The first-order chi connectivity index (χ1) is 11.5. The van der Waals surface area contributed by atoms with Gasteiger partial charge in [-0.05, 0) is 11.6 Å². The maximum atomic E-state index is 12.2. The topological polar surface area (TPSA) is 84.9 Å². The van der Waals surface area contributed by atoms with Gasteiger partial charge in [0.1, 0.15) is 0 Å². The summed E-state index contributed by atoms with van der Waals surface area (Å²) in [5.41, 5.74) is 0.673. The molecule has 126 valence electrons. The molecular weight excluding hydrogens is 334 g/mol. The van der Waals surface area contributed by atoms with Gasteiger partial charge in [-0.2, -0.15) is 0 Å². The lowest BCUT2D eigenvalue weighted by Gasteiger charge is -2.14. The van der Waals surface area contributed by atoms with Crippen molar-refractivity contribution in [3.05, 3.63) is 52.5 Å². The van der Waals surface area contributed by atoms with Crippen LogP contribution in [-0.2, 0) is 11.2 Å². The molecular formula is C17H16ClNO5. The summed E-state index contributed by atoms with van der Waals surface area (Å²) >= 11 is 6.03. The standard InChI is InChI=1S/C17H16ClNO5/c1-23-14-8-11(17(21)22)13(9-15(14)24-2)19-16(20)7-10-5-3-4-6-12(10)18/h3-6,8-9H,7H2,1-2H3,(H,19,20)(H,21,22). The summed E-state index contributed by atoms with van der Waals surface area (Å²) in [6.45, 7) is 0. The number of carbonyl (C=O) groups is 2. The lowest BCUT2D eigenvalue weighted by atomic mass is 10.1. The predicted molar refractivity (Wildman–Crippen MR) is 90.3 cm³/mol. The molecule has 0 unspecified atom stereocenters. The van der Waals surface area contributed by atoms with E-state index in [1.165, 1.54) is 26.4 Å². The second-order valence-corrected chi connectivity index (χ2v) is 5.28. The molecule has 0 fully saturated rings. The maximum absolute atomic E-state index is 12.2. The Morgan fingerprint density at radius 1 is 1.12 bits per heavy atom. The van der Waals surface area contributed by atoms with Crippen LogP contribution < -0.4 is 14.8 Å². The summed E-state index contributed by atoms with van der Waals surface area (Å²) in [6.07, 6.45) is 0.0209. The van der Waals surface area contributed by atoms with Crippen molar-refractivity contribution in [3.63, 3.8) is 0 Å². The van der Waals surface area contributed by atoms with E-state index < -0.39 is 11.9 Å². The molecule has 0 aliphatic heterocycles. The van der Waals surface area contributed by atoms with Crippen molar-refractivity contribution in [3.8, 4) is 11.5 Å². The van der Waals surface area contributed by atoms with Gasteiger partial charge >= 0.3 is 5.97 Å². The highest BCUT2D eigenvalue weighted by Gasteiger charge is 2.18. The van der Waals surface area contributed by atoms with Crippen LogP contribution in [0.1, 0.15) is 15.9 Å². The molecule has 1 amide bonds. The molecule has 7 heteroatoms. The average Bonchev–Trinajstić information content (AvgIpc) is 2.56. The smallest absolute Gasteiger partial charge is 0.337 e. The summed E-state index contributed by atoms with van der Waals surface area (Å²) in [5.74, 6) is -1.00. The van der Waals surface area contributed by atoms with Crippen molar-refractivity contribution in [2.45, 2.75) is 6.42 Å². The highest BCUT2D eigenvalue weighted by atomic mass is 35.5. The van der Waals surface area contributed by atoms with Gasteiger partial charge in [-0.3, -0.25) is 4.79 Å². The molecule has 2 aromatic carbocycles. The largest absolute Gasteiger partial charge is 0.493 e. The molecule has 0 aromatic heterocycles. The van der Waals surface area contributed by atoms with Crippen molar-refractivity contribution in [2.24, 2.45) is 0 Å². The number of aromatic carboxylic acids is 1. The fourth-order valence-corrected chi connectivity index (χ4v) is 2.37. The van der Waals surface area contributed by atoms with Crippen LogP contribution >= 0.6 is 11.6 Å². The summed E-state index contributed by atoms with van der Waals surface area (Å²) in [7, 11) is 2.83. The quantitative estimate of drug-likeness (QED) is 0.836. The number of nitrogens with one attached hydrogen (secondary N) is 1. The maximum Gasteiger partial charge on any atom is 0.337 e. The third-order valence-electron chi connectivity index (χ3n) is 3.34. The molecule has 0 saturated carbocycles. The number of carboxylic acids is 1. The molecule has 0 saturated heterocycles. The number of hydrogen-bond acceptors (Lipinski definition) is 4. The van der Waals surface area contributed by atoms with Gasteiger partial charge in [0.25, 0.3) is 0 Å². The number of halogens is 1. The van der Waals surface area contributed by atoms with E-state index in [0.29, 0.717) is 16.3 Å². The highest BCUT2D eigenvalue weighted by molar-refractivity contribution is 6.31. The molecule has 24 heavy (non-hydrogen) atoms. The molecule has 0 heterocycles. The number of anilines is 1. The Bertz CT molecular complexity index is 776. The van der Waals surface area contributed by atoms with Crippen LogP contribution in [0.25, 0.3) is 0 Å². The monoisotopic (exact) mass is 349 g/mol. The van der Waals surface area contributed by atoms with Crippen LogP contribution in [-0.4, -0.2) is 31.2 Å². The van der Waals surface area contributed by atoms with Crippen LogP contribution in [0.2, 0.25) is 5.02 Å². The van der Waals surface area contributed by atoms with Gasteiger partial charge in [-0.15, -0.1) is 0 Å². The first-order valence-electron chi connectivity index (χ1n) is 6.98. The van der Waals surface area contributed by atoms with E-state index in [0.717, 1.165) is 0 Å². The second kappa shape index (κ2) is 7.70. The minimum atomic E-state index is -1.19. The summed E-state index contributed by atoms with van der Waals surface area (Å²) in [5, 5.41) is 12.4. The summed E-state index contributed by atoms with van der Waals surface area (Å²) in [6, 6.07) is 9.66. The zero-order valence-corrected chi connectivity index (χ0v) is 13.9. The van der Waals surface area contributed by atoms with Crippen LogP contribution in [0.3, 0.4) is 0 Å². The van der Waals surface area contributed by atoms with Gasteiger partial charge in [-0.25, -0.2) is 4.79 Å². The SMILES string of the molecule is COc1cc(NC(=O)Cc2ccccc2Cl)c(C(=O)O)cc1OC. The second-order valence-electron chi connectivity index (χ2n) is 4.87. The van der Waals surface area contributed by atoms with Crippen molar-refractivity contribution in [1.29, 1.82) is 0 Å². The van der Waals surface area contributed by atoms with E-state index in [9.17, 15) is 14.7 Å². The zero-order chi connectivity index (χ0) is 17.7. The van der Waals surface area contributed by atoms with E-state index in [1.807, 2.05) is 0 Å². The Labute approximate surface area is 144 Å². The molecule has 0 radical (unpaired) electrons. The Balaban J connectivity index is 2.29. The Morgan fingerprint density at radius 2 is 1.75 bits per heavy atom. The average molecular weight is 350 g/mol. The van der Waals surface area contributed by atoms with Gasteiger partial charge < -0.3 is 19.9 Å².